The number of halogens is 1. The van der Waals surface area contributed by atoms with Crippen molar-refractivity contribution >= 4 is 11.9 Å². The summed E-state index contributed by atoms with van der Waals surface area (Å²) >= 11 is 0. The second-order valence-electron chi connectivity index (χ2n) is 6.97. The molecule has 0 bridgehead atoms. The molecule has 3 atom stereocenters. The summed E-state index contributed by atoms with van der Waals surface area (Å²) in [4.78, 5) is 20.4. The monoisotopic (exact) mass is 364 g/mol. The fourth-order valence-corrected chi connectivity index (χ4v) is 3.40. The Morgan fingerprint density at radius 2 is 2.04 bits per heavy atom. The molecule has 0 amide bonds. The number of nitrogens with zero attached hydrogens (tertiary/aromatic N) is 3. The summed E-state index contributed by atoms with van der Waals surface area (Å²) in [6, 6.07) is 6.63. The van der Waals surface area contributed by atoms with Gasteiger partial charge < -0.3 is 19.9 Å². The van der Waals surface area contributed by atoms with Gasteiger partial charge in [0.25, 0.3) is 0 Å². The Balaban J connectivity index is 2.03. The third-order valence-corrected chi connectivity index (χ3v) is 4.96. The van der Waals surface area contributed by atoms with Crippen LogP contribution >= 0.6 is 0 Å². The number of nitrogens with one attached hydrogen (secondary N) is 1. The van der Waals surface area contributed by atoms with Crippen molar-refractivity contribution in [1.82, 2.24) is 15.1 Å². The van der Waals surface area contributed by atoms with E-state index in [9.17, 15) is 9.18 Å². The van der Waals surface area contributed by atoms with Crippen LogP contribution in [0, 0.1) is 17.7 Å². The van der Waals surface area contributed by atoms with Gasteiger partial charge in [0.1, 0.15) is 5.82 Å². The molecule has 6 nitrogen and oxygen atoms in total. The first-order chi connectivity index (χ1) is 12.4. The minimum Gasteiger partial charge on any atom is -0.469 e. The van der Waals surface area contributed by atoms with Crippen molar-refractivity contribution < 1.29 is 13.9 Å². The number of guanidine groups is 1. The molecule has 0 radical (unpaired) electrons. The summed E-state index contributed by atoms with van der Waals surface area (Å²) in [5, 5.41) is 3.39. The van der Waals surface area contributed by atoms with Crippen molar-refractivity contribution in [2.75, 3.05) is 47.9 Å². The Labute approximate surface area is 155 Å². The van der Waals surface area contributed by atoms with Gasteiger partial charge in [0, 0.05) is 26.7 Å². The average molecular weight is 364 g/mol. The Morgan fingerprint density at radius 3 is 2.58 bits per heavy atom. The standard InChI is InChI=1S/C19H29FN4O2/c1-13-11-24(12-16(13)18(25)26-5)19(21-2)22-10-17(23(3)4)14-6-8-15(20)9-7-14/h6-9,13,16-17H,10-12H2,1-5H3,(H,21,22). The molecule has 2 rings (SSSR count). The molecule has 1 N–H and O–H groups in total. The summed E-state index contributed by atoms with van der Waals surface area (Å²) in [5.41, 5.74) is 1.03. The second kappa shape index (κ2) is 8.98. The van der Waals surface area contributed by atoms with E-state index in [4.69, 9.17) is 4.74 Å². The number of rotatable bonds is 5. The molecule has 1 heterocycles. The van der Waals surface area contributed by atoms with E-state index in [1.807, 2.05) is 14.1 Å². The highest BCUT2D eigenvalue weighted by Crippen LogP contribution is 2.24. The lowest BCUT2D eigenvalue weighted by molar-refractivity contribution is -0.145. The summed E-state index contributed by atoms with van der Waals surface area (Å²) in [7, 11) is 7.14. The summed E-state index contributed by atoms with van der Waals surface area (Å²) < 4.78 is 18.1. The number of methoxy groups -OCH3 is 1. The summed E-state index contributed by atoms with van der Waals surface area (Å²) in [5.74, 6) is 0.420. The minimum atomic E-state index is -0.241. The highest BCUT2D eigenvalue weighted by molar-refractivity contribution is 5.82. The van der Waals surface area contributed by atoms with Gasteiger partial charge >= 0.3 is 5.97 Å². The van der Waals surface area contributed by atoms with Crippen LogP contribution < -0.4 is 5.32 Å². The van der Waals surface area contributed by atoms with Crippen LogP contribution in [0.5, 0.6) is 0 Å². The highest BCUT2D eigenvalue weighted by Gasteiger charge is 2.37. The molecular weight excluding hydrogens is 335 g/mol. The van der Waals surface area contributed by atoms with E-state index in [0.29, 0.717) is 13.1 Å². The quantitative estimate of drug-likeness (QED) is 0.490. The maximum atomic E-state index is 13.2. The van der Waals surface area contributed by atoms with Crippen molar-refractivity contribution in [1.29, 1.82) is 0 Å². The van der Waals surface area contributed by atoms with Crippen LogP contribution in [0.25, 0.3) is 0 Å². The van der Waals surface area contributed by atoms with Crippen LogP contribution in [0.3, 0.4) is 0 Å². The number of hydrogen-bond donors (Lipinski definition) is 1. The van der Waals surface area contributed by atoms with Gasteiger partial charge in [-0.1, -0.05) is 19.1 Å². The molecule has 1 saturated heterocycles. The van der Waals surface area contributed by atoms with Crippen molar-refractivity contribution in [2.24, 2.45) is 16.8 Å². The Morgan fingerprint density at radius 1 is 1.38 bits per heavy atom. The summed E-state index contributed by atoms with van der Waals surface area (Å²) in [6.07, 6.45) is 0. The molecular formula is C19H29FN4O2. The first kappa shape index (κ1) is 20.2. The van der Waals surface area contributed by atoms with Gasteiger partial charge in [0.05, 0.1) is 19.1 Å². The van der Waals surface area contributed by atoms with E-state index in [-0.39, 0.29) is 29.7 Å². The molecule has 1 aromatic carbocycles. The van der Waals surface area contributed by atoms with E-state index >= 15 is 0 Å². The fourth-order valence-electron chi connectivity index (χ4n) is 3.40. The zero-order valence-corrected chi connectivity index (χ0v) is 16.2. The maximum absolute atomic E-state index is 13.2. The van der Waals surface area contributed by atoms with Crippen molar-refractivity contribution in [2.45, 2.75) is 13.0 Å². The number of carbonyl (C=O) groups is 1. The lowest BCUT2D eigenvalue weighted by atomic mass is 9.99. The van der Waals surface area contributed by atoms with E-state index in [0.717, 1.165) is 18.1 Å². The molecule has 1 aromatic rings. The third-order valence-electron chi connectivity index (χ3n) is 4.96. The first-order valence-corrected chi connectivity index (χ1v) is 8.82. The molecule has 0 aliphatic carbocycles. The summed E-state index contributed by atoms with van der Waals surface area (Å²) in [6.45, 7) is 4.02. The van der Waals surface area contributed by atoms with Crippen LogP contribution in [0.15, 0.2) is 29.3 Å². The predicted octanol–water partition coefficient (Wildman–Crippen LogP) is 1.74. The fraction of sp³-hybridized carbons (Fsp3) is 0.579. The number of likely N-dealkylation sites (tertiary alicyclic amines) is 1. The molecule has 0 spiro atoms. The number of likely N-dealkylation sites (N-methyl/N-ethyl adjacent to an activating group) is 1. The van der Waals surface area contributed by atoms with Crippen LogP contribution in [-0.4, -0.2) is 69.6 Å². The van der Waals surface area contributed by atoms with Crippen LogP contribution in [0.1, 0.15) is 18.5 Å². The Hall–Kier alpha value is -2.15. The van der Waals surface area contributed by atoms with E-state index < -0.39 is 0 Å². The van der Waals surface area contributed by atoms with Gasteiger partial charge in [0.2, 0.25) is 0 Å². The molecule has 1 aliphatic rings. The normalized spacial score (nSPS) is 21.8. The average Bonchev–Trinajstić information content (AvgIpc) is 3.00. The number of aliphatic imine (C=N–C) groups is 1. The zero-order valence-electron chi connectivity index (χ0n) is 16.2. The topological polar surface area (TPSA) is 57.2 Å². The van der Waals surface area contributed by atoms with Crippen molar-refractivity contribution in [3.63, 3.8) is 0 Å². The SMILES string of the molecule is CN=C(NCC(c1ccc(F)cc1)N(C)C)N1CC(C)C(C(=O)OC)C1. The predicted molar refractivity (Wildman–Crippen MR) is 100 cm³/mol. The van der Waals surface area contributed by atoms with Crippen molar-refractivity contribution in [3.8, 4) is 0 Å². The van der Waals surface area contributed by atoms with Gasteiger partial charge in [-0.15, -0.1) is 0 Å². The number of carbonyl (C=O) groups excluding carboxylic acids is 1. The third kappa shape index (κ3) is 4.72. The Kier molecular flexibility index (Phi) is 6.97. The van der Waals surface area contributed by atoms with Gasteiger partial charge in [-0.05, 0) is 37.7 Å². The number of esters is 1. The van der Waals surface area contributed by atoms with E-state index in [1.165, 1.54) is 19.2 Å². The maximum Gasteiger partial charge on any atom is 0.310 e. The highest BCUT2D eigenvalue weighted by atomic mass is 19.1. The van der Waals surface area contributed by atoms with Crippen LogP contribution in [-0.2, 0) is 9.53 Å². The molecule has 0 saturated carbocycles. The number of hydrogen-bond acceptors (Lipinski definition) is 4. The lowest BCUT2D eigenvalue weighted by Gasteiger charge is -2.28. The lowest BCUT2D eigenvalue weighted by Crippen LogP contribution is -2.43. The van der Waals surface area contributed by atoms with Gasteiger partial charge in [-0.25, -0.2) is 4.39 Å². The van der Waals surface area contributed by atoms with E-state index in [1.54, 1.807) is 19.2 Å². The molecule has 144 valence electrons. The Bertz CT molecular complexity index is 633. The molecule has 26 heavy (non-hydrogen) atoms. The van der Waals surface area contributed by atoms with E-state index in [2.05, 4.69) is 27.0 Å². The molecule has 1 aliphatic heterocycles. The van der Waals surface area contributed by atoms with Crippen LogP contribution in [0.2, 0.25) is 0 Å². The van der Waals surface area contributed by atoms with Gasteiger partial charge in [-0.2, -0.15) is 0 Å². The van der Waals surface area contributed by atoms with Gasteiger partial charge in [-0.3, -0.25) is 9.79 Å². The zero-order chi connectivity index (χ0) is 19.3. The number of benzene rings is 1. The van der Waals surface area contributed by atoms with Crippen molar-refractivity contribution in [3.05, 3.63) is 35.6 Å². The largest absolute Gasteiger partial charge is 0.469 e. The molecule has 3 unspecified atom stereocenters. The first-order valence-electron chi connectivity index (χ1n) is 8.82. The molecule has 0 aromatic heterocycles. The molecule has 7 heteroatoms. The van der Waals surface area contributed by atoms with Crippen LogP contribution in [0.4, 0.5) is 4.39 Å². The second-order valence-corrected chi connectivity index (χ2v) is 6.97. The smallest absolute Gasteiger partial charge is 0.310 e. The number of ether oxygens (including phenoxy) is 1. The molecule has 1 fully saturated rings. The van der Waals surface area contributed by atoms with Gasteiger partial charge in [0.15, 0.2) is 5.96 Å². The minimum absolute atomic E-state index is 0.0729.